The maximum atomic E-state index is 13.4. The number of carbonyl (C=O) groups excluding carboxylic acids is 1. The summed E-state index contributed by atoms with van der Waals surface area (Å²) in [7, 11) is 1.63. The largest absolute Gasteiger partial charge is 0.497 e. The second kappa shape index (κ2) is 11.3. The highest BCUT2D eigenvalue weighted by atomic mass is 32.2. The summed E-state index contributed by atoms with van der Waals surface area (Å²) in [6, 6.07) is 9.86. The Kier molecular flexibility index (Phi) is 8.17. The fourth-order valence-corrected chi connectivity index (χ4v) is 6.03. The Labute approximate surface area is 221 Å². The van der Waals surface area contributed by atoms with Crippen molar-refractivity contribution in [3.63, 3.8) is 0 Å². The van der Waals surface area contributed by atoms with Crippen LogP contribution >= 0.6 is 24.0 Å². The van der Waals surface area contributed by atoms with Gasteiger partial charge in [0.05, 0.1) is 12.0 Å². The number of amides is 1. The van der Waals surface area contributed by atoms with E-state index in [0.29, 0.717) is 34.3 Å². The standard InChI is InChI=1S/C27H30N4O3S2/c1-4-30-24(29-13-6-5-7-14-29)21(18(2)22(17-28)25(30)32)16-23-26(33)31(27(35)36-23)15-12-19-8-10-20(34-3)11-9-19/h8-11,16H,4-7,12-15H2,1-3H3/b23-16-. The Balaban J connectivity index is 1.69. The third kappa shape index (κ3) is 5.06. The number of carbonyl (C=O) groups is 1. The first-order chi connectivity index (χ1) is 17.4. The van der Waals surface area contributed by atoms with Gasteiger partial charge in [-0.2, -0.15) is 5.26 Å². The average molecular weight is 523 g/mol. The van der Waals surface area contributed by atoms with Crippen molar-refractivity contribution >= 4 is 46.1 Å². The molecule has 1 amide bonds. The number of ether oxygens (including phenoxy) is 1. The van der Waals surface area contributed by atoms with Crippen LogP contribution in [0.15, 0.2) is 34.0 Å². The van der Waals surface area contributed by atoms with Crippen molar-refractivity contribution in [3.8, 4) is 11.8 Å². The first-order valence-electron chi connectivity index (χ1n) is 12.2. The molecular formula is C27H30N4O3S2. The van der Waals surface area contributed by atoms with Gasteiger partial charge in [0.15, 0.2) is 0 Å². The fourth-order valence-electron chi connectivity index (χ4n) is 4.74. The molecular weight excluding hydrogens is 492 g/mol. The third-order valence-corrected chi connectivity index (χ3v) is 8.13. The van der Waals surface area contributed by atoms with Crippen LogP contribution in [0.5, 0.6) is 5.75 Å². The molecule has 36 heavy (non-hydrogen) atoms. The number of hydrogen-bond acceptors (Lipinski definition) is 7. The number of pyridine rings is 1. The van der Waals surface area contributed by atoms with Gasteiger partial charge in [0.1, 0.15) is 27.5 Å². The zero-order chi connectivity index (χ0) is 25.8. The molecule has 2 aliphatic heterocycles. The number of anilines is 1. The molecule has 0 radical (unpaired) electrons. The van der Waals surface area contributed by atoms with Crippen LogP contribution in [0.25, 0.3) is 6.08 Å². The minimum absolute atomic E-state index is 0.124. The lowest BCUT2D eigenvalue weighted by Crippen LogP contribution is -2.37. The van der Waals surface area contributed by atoms with Gasteiger partial charge in [-0.25, -0.2) is 0 Å². The van der Waals surface area contributed by atoms with E-state index in [4.69, 9.17) is 17.0 Å². The average Bonchev–Trinajstić information content (AvgIpc) is 3.17. The summed E-state index contributed by atoms with van der Waals surface area (Å²) in [5.41, 5.74) is 2.30. The van der Waals surface area contributed by atoms with E-state index in [1.807, 2.05) is 37.3 Å². The predicted molar refractivity (Wildman–Crippen MR) is 148 cm³/mol. The number of thiocarbonyl (C=S) groups is 1. The Bertz CT molecular complexity index is 1300. The highest BCUT2D eigenvalue weighted by Gasteiger charge is 2.33. The highest BCUT2D eigenvalue weighted by molar-refractivity contribution is 8.26. The highest BCUT2D eigenvalue weighted by Crippen LogP contribution is 2.36. The summed E-state index contributed by atoms with van der Waals surface area (Å²) >= 11 is 6.84. The SMILES string of the molecule is CCn1c(N2CCCCC2)c(/C=C2\SC(=S)N(CCc3ccc(OC)cc3)C2=O)c(C)c(C#N)c1=O. The first kappa shape index (κ1) is 26.0. The van der Waals surface area contributed by atoms with Crippen molar-refractivity contribution in [2.75, 3.05) is 31.6 Å². The fraction of sp³-hybridized carbons (Fsp3) is 0.407. The van der Waals surface area contributed by atoms with E-state index in [0.717, 1.165) is 55.0 Å². The zero-order valence-electron chi connectivity index (χ0n) is 20.9. The van der Waals surface area contributed by atoms with Crippen LogP contribution in [0.1, 0.15) is 48.4 Å². The van der Waals surface area contributed by atoms with Gasteiger partial charge in [0.2, 0.25) is 0 Å². The summed E-state index contributed by atoms with van der Waals surface area (Å²) < 4.78 is 7.40. The quantitative estimate of drug-likeness (QED) is 0.392. The van der Waals surface area contributed by atoms with E-state index in [-0.39, 0.29) is 17.0 Å². The van der Waals surface area contributed by atoms with Crippen LogP contribution in [0.2, 0.25) is 0 Å². The van der Waals surface area contributed by atoms with Gasteiger partial charge in [-0.05, 0) is 68.9 Å². The molecule has 188 valence electrons. The molecule has 7 nitrogen and oxygen atoms in total. The summed E-state index contributed by atoms with van der Waals surface area (Å²) in [5, 5.41) is 9.75. The molecule has 4 rings (SSSR count). The third-order valence-electron chi connectivity index (χ3n) is 6.75. The van der Waals surface area contributed by atoms with Crippen LogP contribution in [0.3, 0.4) is 0 Å². The van der Waals surface area contributed by atoms with Gasteiger partial charge in [0.25, 0.3) is 11.5 Å². The second-order valence-corrected chi connectivity index (χ2v) is 10.6. The molecule has 2 saturated heterocycles. The molecule has 0 bridgehead atoms. The molecule has 0 unspecified atom stereocenters. The van der Waals surface area contributed by atoms with Crippen molar-refractivity contribution in [2.24, 2.45) is 0 Å². The minimum atomic E-state index is -0.276. The molecule has 0 atom stereocenters. The van der Waals surface area contributed by atoms with Crippen molar-refractivity contribution in [3.05, 3.63) is 61.8 Å². The van der Waals surface area contributed by atoms with Crippen molar-refractivity contribution in [2.45, 2.75) is 46.1 Å². The summed E-state index contributed by atoms with van der Waals surface area (Å²) in [6.45, 7) is 6.31. The monoisotopic (exact) mass is 522 g/mol. The van der Waals surface area contributed by atoms with E-state index < -0.39 is 0 Å². The normalized spacial score (nSPS) is 17.1. The van der Waals surface area contributed by atoms with Crippen LogP contribution < -0.4 is 15.2 Å². The number of methoxy groups -OCH3 is 1. The first-order valence-corrected chi connectivity index (χ1v) is 13.4. The molecule has 1 aromatic heterocycles. The number of benzene rings is 1. The van der Waals surface area contributed by atoms with Crippen LogP contribution in [-0.2, 0) is 17.8 Å². The zero-order valence-corrected chi connectivity index (χ0v) is 22.5. The van der Waals surface area contributed by atoms with Gasteiger partial charge in [0, 0.05) is 31.7 Å². The smallest absolute Gasteiger partial charge is 0.270 e. The van der Waals surface area contributed by atoms with E-state index >= 15 is 0 Å². The number of hydrogen-bond donors (Lipinski definition) is 0. The number of thioether (sulfide) groups is 1. The lowest BCUT2D eigenvalue weighted by atomic mass is 10.0. The van der Waals surface area contributed by atoms with E-state index in [1.54, 1.807) is 23.5 Å². The van der Waals surface area contributed by atoms with Gasteiger partial charge in [-0.3, -0.25) is 19.1 Å². The van der Waals surface area contributed by atoms with Gasteiger partial charge < -0.3 is 9.64 Å². The maximum Gasteiger partial charge on any atom is 0.270 e. The van der Waals surface area contributed by atoms with Crippen LogP contribution in [-0.4, -0.2) is 46.4 Å². The summed E-state index contributed by atoms with van der Waals surface area (Å²) in [4.78, 5) is 30.9. The van der Waals surface area contributed by atoms with Crippen LogP contribution in [0, 0.1) is 18.3 Å². The molecule has 9 heteroatoms. The Morgan fingerprint density at radius 1 is 1.17 bits per heavy atom. The minimum Gasteiger partial charge on any atom is -0.497 e. The Morgan fingerprint density at radius 3 is 2.47 bits per heavy atom. The second-order valence-electron chi connectivity index (χ2n) is 8.88. The van der Waals surface area contributed by atoms with E-state index in [2.05, 4.69) is 11.0 Å². The van der Waals surface area contributed by atoms with Gasteiger partial charge in [-0.1, -0.05) is 36.1 Å². The number of nitriles is 1. The van der Waals surface area contributed by atoms with Crippen molar-refractivity contribution in [1.82, 2.24) is 9.47 Å². The number of piperidine rings is 1. The molecule has 2 aromatic rings. The number of nitrogens with zero attached hydrogens (tertiary/aromatic N) is 4. The molecule has 0 N–H and O–H groups in total. The molecule has 0 spiro atoms. The van der Waals surface area contributed by atoms with Crippen molar-refractivity contribution in [1.29, 1.82) is 5.26 Å². The lowest BCUT2D eigenvalue weighted by Gasteiger charge is -2.33. The molecule has 0 saturated carbocycles. The number of aromatic nitrogens is 1. The number of rotatable bonds is 7. The van der Waals surface area contributed by atoms with E-state index in [9.17, 15) is 14.9 Å². The molecule has 1 aromatic carbocycles. The summed E-state index contributed by atoms with van der Waals surface area (Å²) in [6.07, 6.45) is 5.75. The Hall–Kier alpha value is -3.09. The molecule has 2 aliphatic rings. The summed E-state index contributed by atoms with van der Waals surface area (Å²) in [5.74, 6) is 1.44. The van der Waals surface area contributed by atoms with Gasteiger partial charge >= 0.3 is 0 Å². The van der Waals surface area contributed by atoms with Crippen molar-refractivity contribution < 1.29 is 9.53 Å². The maximum absolute atomic E-state index is 13.4. The molecule has 0 aliphatic carbocycles. The van der Waals surface area contributed by atoms with E-state index in [1.165, 1.54) is 11.8 Å². The van der Waals surface area contributed by atoms with Crippen LogP contribution in [0.4, 0.5) is 5.82 Å². The predicted octanol–water partition coefficient (Wildman–Crippen LogP) is 4.49. The van der Waals surface area contributed by atoms with Gasteiger partial charge in [-0.15, -0.1) is 0 Å². The lowest BCUT2D eigenvalue weighted by molar-refractivity contribution is -0.122. The molecule has 2 fully saturated rings. The topological polar surface area (TPSA) is 78.6 Å². The molecule has 3 heterocycles. The Morgan fingerprint density at radius 2 is 1.86 bits per heavy atom.